The molecule has 20 heavy (non-hydrogen) atoms. The standard InChI is InChI=1S/C15H25N3O2/c1-10(2)8-18-14(19)9-17-12-6-5-7-13(15(12)16)20-11(3)4/h5-7,10-11,17H,8-9,16H2,1-4H3,(H,18,19). The summed E-state index contributed by atoms with van der Waals surface area (Å²) < 4.78 is 5.61. The SMILES string of the molecule is CC(C)CNC(=O)CNc1cccc(OC(C)C)c1N. The summed E-state index contributed by atoms with van der Waals surface area (Å²) in [4.78, 5) is 11.6. The van der Waals surface area contributed by atoms with Gasteiger partial charge in [0, 0.05) is 6.54 Å². The second kappa shape index (κ2) is 7.62. The highest BCUT2D eigenvalue weighted by atomic mass is 16.5. The normalized spacial score (nSPS) is 10.7. The predicted molar refractivity (Wildman–Crippen MR) is 83.0 cm³/mol. The Hall–Kier alpha value is -1.91. The maximum absolute atomic E-state index is 11.6. The molecule has 1 amide bonds. The smallest absolute Gasteiger partial charge is 0.239 e. The molecule has 0 spiro atoms. The summed E-state index contributed by atoms with van der Waals surface area (Å²) in [5, 5.41) is 5.88. The minimum Gasteiger partial charge on any atom is -0.489 e. The van der Waals surface area contributed by atoms with E-state index in [1.807, 2.05) is 32.0 Å². The lowest BCUT2D eigenvalue weighted by atomic mass is 10.2. The number of nitrogens with one attached hydrogen (secondary N) is 2. The molecule has 0 saturated carbocycles. The van der Waals surface area contributed by atoms with Crippen LogP contribution in [0.2, 0.25) is 0 Å². The highest BCUT2D eigenvalue weighted by molar-refractivity contribution is 5.83. The molecular weight excluding hydrogens is 254 g/mol. The molecule has 112 valence electrons. The molecule has 0 aliphatic heterocycles. The number of hydrogen-bond acceptors (Lipinski definition) is 4. The number of anilines is 2. The summed E-state index contributed by atoms with van der Waals surface area (Å²) in [6, 6.07) is 5.50. The van der Waals surface area contributed by atoms with E-state index in [0.717, 1.165) is 0 Å². The molecule has 5 nitrogen and oxygen atoms in total. The monoisotopic (exact) mass is 279 g/mol. The van der Waals surface area contributed by atoms with E-state index in [9.17, 15) is 4.79 Å². The summed E-state index contributed by atoms with van der Waals surface area (Å²) in [6.07, 6.45) is 0.0573. The van der Waals surface area contributed by atoms with Crippen LogP contribution in [0.5, 0.6) is 5.75 Å². The number of carbonyl (C=O) groups excluding carboxylic acids is 1. The number of benzene rings is 1. The van der Waals surface area contributed by atoms with Crippen molar-refractivity contribution < 1.29 is 9.53 Å². The third-order valence-electron chi connectivity index (χ3n) is 2.58. The molecule has 1 aromatic rings. The van der Waals surface area contributed by atoms with Crippen LogP contribution in [0.4, 0.5) is 11.4 Å². The van der Waals surface area contributed by atoms with Crippen molar-refractivity contribution in [1.29, 1.82) is 0 Å². The van der Waals surface area contributed by atoms with Crippen LogP contribution in [0.15, 0.2) is 18.2 Å². The molecule has 0 bridgehead atoms. The van der Waals surface area contributed by atoms with Gasteiger partial charge in [-0.3, -0.25) is 4.79 Å². The fourth-order valence-corrected chi connectivity index (χ4v) is 1.61. The van der Waals surface area contributed by atoms with Gasteiger partial charge in [0.2, 0.25) is 5.91 Å². The highest BCUT2D eigenvalue weighted by Gasteiger charge is 2.09. The van der Waals surface area contributed by atoms with Crippen LogP contribution in [-0.2, 0) is 4.79 Å². The lowest BCUT2D eigenvalue weighted by Gasteiger charge is -2.16. The van der Waals surface area contributed by atoms with Gasteiger partial charge in [0.15, 0.2) is 0 Å². The number of nitrogens with two attached hydrogens (primary N) is 1. The van der Waals surface area contributed by atoms with Crippen LogP contribution in [-0.4, -0.2) is 25.1 Å². The number of hydrogen-bond donors (Lipinski definition) is 3. The zero-order chi connectivity index (χ0) is 15.1. The molecule has 0 fully saturated rings. The second-order valence-electron chi connectivity index (χ2n) is 5.44. The Labute approximate surface area is 120 Å². The first-order valence-electron chi connectivity index (χ1n) is 6.95. The minimum atomic E-state index is -0.0479. The van der Waals surface area contributed by atoms with Gasteiger partial charge in [-0.1, -0.05) is 19.9 Å². The van der Waals surface area contributed by atoms with E-state index < -0.39 is 0 Å². The first-order chi connectivity index (χ1) is 9.40. The summed E-state index contributed by atoms with van der Waals surface area (Å²) in [5.41, 5.74) is 7.26. The first-order valence-corrected chi connectivity index (χ1v) is 6.95. The van der Waals surface area contributed by atoms with Gasteiger partial charge < -0.3 is 21.1 Å². The van der Waals surface area contributed by atoms with Crippen LogP contribution < -0.4 is 21.1 Å². The molecule has 0 saturated heterocycles. The Morgan fingerprint density at radius 3 is 2.60 bits per heavy atom. The summed E-state index contributed by atoms with van der Waals surface area (Å²) >= 11 is 0. The molecule has 1 aromatic carbocycles. The molecule has 0 aliphatic rings. The van der Waals surface area contributed by atoms with Crippen molar-refractivity contribution in [3.63, 3.8) is 0 Å². The third kappa shape index (κ3) is 5.38. The van der Waals surface area contributed by atoms with Crippen molar-refractivity contribution in [1.82, 2.24) is 5.32 Å². The van der Waals surface area contributed by atoms with Gasteiger partial charge in [0.25, 0.3) is 0 Å². The molecule has 0 aromatic heterocycles. The molecule has 0 radical (unpaired) electrons. The van der Waals surface area contributed by atoms with Crippen molar-refractivity contribution in [2.45, 2.75) is 33.8 Å². The number of amides is 1. The largest absolute Gasteiger partial charge is 0.489 e. The second-order valence-corrected chi connectivity index (χ2v) is 5.44. The van der Waals surface area contributed by atoms with Gasteiger partial charge in [-0.2, -0.15) is 0 Å². The zero-order valence-electron chi connectivity index (χ0n) is 12.7. The van der Waals surface area contributed by atoms with Gasteiger partial charge >= 0.3 is 0 Å². The number of carbonyl (C=O) groups is 1. The molecule has 1 rings (SSSR count). The van der Waals surface area contributed by atoms with Crippen molar-refractivity contribution >= 4 is 17.3 Å². The average molecular weight is 279 g/mol. The fraction of sp³-hybridized carbons (Fsp3) is 0.533. The lowest BCUT2D eigenvalue weighted by molar-refractivity contribution is -0.119. The summed E-state index contributed by atoms with van der Waals surface area (Å²) in [5.74, 6) is 1.02. The maximum Gasteiger partial charge on any atom is 0.239 e. The Morgan fingerprint density at radius 1 is 1.30 bits per heavy atom. The molecule has 0 unspecified atom stereocenters. The average Bonchev–Trinajstić information content (AvgIpc) is 2.37. The van der Waals surface area contributed by atoms with Gasteiger partial charge in [0.05, 0.1) is 24.0 Å². The van der Waals surface area contributed by atoms with Gasteiger partial charge in [0.1, 0.15) is 5.75 Å². The third-order valence-corrected chi connectivity index (χ3v) is 2.58. The van der Waals surface area contributed by atoms with Crippen molar-refractivity contribution in [2.75, 3.05) is 24.1 Å². The quantitative estimate of drug-likeness (QED) is 0.669. The van der Waals surface area contributed by atoms with Crippen LogP contribution in [0.3, 0.4) is 0 Å². The van der Waals surface area contributed by atoms with Crippen LogP contribution in [0.1, 0.15) is 27.7 Å². The van der Waals surface area contributed by atoms with Gasteiger partial charge in [-0.15, -0.1) is 0 Å². The van der Waals surface area contributed by atoms with E-state index in [4.69, 9.17) is 10.5 Å². The lowest BCUT2D eigenvalue weighted by Crippen LogP contribution is -2.32. The number of para-hydroxylation sites is 1. The summed E-state index contributed by atoms with van der Waals surface area (Å²) in [7, 11) is 0. The molecule has 0 atom stereocenters. The molecular formula is C15H25N3O2. The Balaban J connectivity index is 2.57. The van der Waals surface area contributed by atoms with Crippen LogP contribution >= 0.6 is 0 Å². The molecule has 0 heterocycles. The van der Waals surface area contributed by atoms with E-state index in [2.05, 4.69) is 24.5 Å². The number of ether oxygens (including phenoxy) is 1. The number of nitrogen functional groups attached to an aromatic ring is 1. The number of rotatable bonds is 7. The van der Waals surface area contributed by atoms with Crippen molar-refractivity contribution in [2.24, 2.45) is 5.92 Å². The van der Waals surface area contributed by atoms with Gasteiger partial charge in [-0.25, -0.2) is 0 Å². The molecule has 4 N–H and O–H groups in total. The predicted octanol–water partition coefficient (Wildman–Crippen LogP) is 2.24. The maximum atomic E-state index is 11.6. The zero-order valence-corrected chi connectivity index (χ0v) is 12.7. The summed E-state index contributed by atoms with van der Waals surface area (Å²) in [6.45, 7) is 8.86. The van der Waals surface area contributed by atoms with E-state index in [1.54, 1.807) is 0 Å². The van der Waals surface area contributed by atoms with Crippen LogP contribution in [0, 0.1) is 5.92 Å². The fourth-order valence-electron chi connectivity index (χ4n) is 1.61. The van der Waals surface area contributed by atoms with Gasteiger partial charge in [-0.05, 0) is 31.9 Å². The molecule has 0 aliphatic carbocycles. The highest BCUT2D eigenvalue weighted by Crippen LogP contribution is 2.29. The van der Waals surface area contributed by atoms with Crippen molar-refractivity contribution in [3.8, 4) is 5.75 Å². The first kappa shape index (κ1) is 16.1. The van der Waals surface area contributed by atoms with E-state index >= 15 is 0 Å². The van der Waals surface area contributed by atoms with Crippen LogP contribution in [0.25, 0.3) is 0 Å². The van der Waals surface area contributed by atoms with E-state index in [1.165, 1.54) is 0 Å². The minimum absolute atomic E-state index is 0.0479. The Kier molecular flexibility index (Phi) is 6.15. The van der Waals surface area contributed by atoms with Crippen molar-refractivity contribution in [3.05, 3.63) is 18.2 Å². The Bertz CT molecular complexity index is 445. The Morgan fingerprint density at radius 2 is 2.00 bits per heavy atom. The topological polar surface area (TPSA) is 76.4 Å². The van der Waals surface area contributed by atoms with E-state index in [-0.39, 0.29) is 18.6 Å². The molecule has 5 heteroatoms. The van der Waals surface area contributed by atoms with E-state index in [0.29, 0.717) is 29.6 Å².